The van der Waals surface area contributed by atoms with Crippen LogP contribution < -0.4 is 0 Å². The number of aryl methyl sites for hydroxylation is 2. The molecule has 0 aliphatic rings. The van der Waals surface area contributed by atoms with Gasteiger partial charge in [0.2, 0.25) is 0 Å². The lowest BCUT2D eigenvalue weighted by Gasteiger charge is -1.99. The summed E-state index contributed by atoms with van der Waals surface area (Å²) in [6.07, 6.45) is 3.32. The predicted octanol–water partition coefficient (Wildman–Crippen LogP) is 5.29. The summed E-state index contributed by atoms with van der Waals surface area (Å²) >= 11 is 0. The molecule has 0 bridgehead atoms. The molecule has 1 aromatic rings. The molecule has 0 fully saturated rings. The minimum absolute atomic E-state index is 0. The van der Waals surface area contributed by atoms with E-state index in [1.54, 1.807) is 0 Å². The first-order valence-electron chi connectivity index (χ1n) is 7.31. The van der Waals surface area contributed by atoms with Crippen LogP contribution in [-0.2, 0) is 12.8 Å². The van der Waals surface area contributed by atoms with Gasteiger partial charge in [-0.1, -0.05) is 67.9 Å². The van der Waals surface area contributed by atoms with Gasteiger partial charge in [0.1, 0.15) is 0 Å². The van der Waals surface area contributed by atoms with Crippen LogP contribution in [0.1, 0.15) is 73.2 Å². The van der Waals surface area contributed by atoms with Gasteiger partial charge in [0.25, 0.3) is 0 Å². The van der Waals surface area contributed by atoms with E-state index in [4.69, 9.17) is 0 Å². The Kier molecular flexibility index (Phi) is 36.2. The zero-order chi connectivity index (χ0) is 14.1. The molecule has 2 heteroatoms. The average molecular weight is 250 g/mol. The second-order valence-corrected chi connectivity index (χ2v) is 2.72. The Bertz CT molecular complexity index is 224. The maximum absolute atomic E-state index is 4.48. The van der Waals surface area contributed by atoms with Crippen LogP contribution in [0.4, 0.5) is 0 Å². The number of hydrogen-bond donors (Lipinski definition) is 0. The van der Waals surface area contributed by atoms with Gasteiger partial charge in [0.05, 0.1) is 0 Å². The third-order valence-electron chi connectivity index (χ3n) is 1.73. The van der Waals surface area contributed by atoms with E-state index in [0.29, 0.717) is 0 Å². The Labute approximate surface area is 118 Å². The van der Waals surface area contributed by atoms with Gasteiger partial charge in [-0.25, -0.2) is 0 Å². The van der Waals surface area contributed by atoms with Crippen LogP contribution in [0.3, 0.4) is 0 Å². The summed E-state index contributed by atoms with van der Waals surface area (Å²) in [4.78, 5) is 4.48. The lowest BCUT2D eigenvalue weighted by Crippen LogP contribution is -1.92. The molecule has 0 aromatic carbocycles. The van der Waals surface area contributed by atoms with Crippen LogP contribution in [-0.4, -0.2) is 13.4 Å². The number of aromatic nitrogens is 1. The van der Waals surface area contributed by atoms with E-state index in [0.717, 1.165) is 12.8 Å². The van der Waals surface area contributed by atoms with Gasteiger partial charge in [-0.15, -0.1) is 0 Å². The lowest BCUT2D eigenvalue weighted by molar-refractivity contribution is 0.862. The molecule has 0 unspecified atom stereocenters. The summed E-state index contributed by atoms with van der Waals surface area (Å²) in [5, 5.41) is 0. The molecule has 18 heavy (non-hydrogen) atoms. The number of rotatable bonds is 3. The van der Waals surface area contributed by atoms with Crippen LogP contribution in [0.25, 0.3) is 0 Å². The Balaban J connectivity index is -0.000000123. The molecule has 0 aliphatic heterocycles. The Morgan fingerprint density at radius 3 is 1.67 bits per heavy atom. The fourth-order valence-electron chi connectivity index (χ4n) is 1.12. The van der Waals surface area contributed by atoms with Crippen molar-refractivity contribution in [3.05, 3.63) is 29.6 Å². The third-order valence-corrected chi connectivity index (χ3v) is 1.73. The highest BCUT2D eigenvalue weighted by molar-refractivity contribution is 5.75. The maximum atomic E-state index is 4.48. The molecule has 0 saturated carbocycles. The molecule has 1 aromatic heterocycles. The second kappa shape index (κ2) is 25.2. The summed E-state index contributed by atoms with van der Waals surface area (Å²) in [6, 6.07) is 6.28. The van der Waals surface area contributed by atoms with Crippen LogP contribution >= 0.6 is 0 Å². The first kappa shape index (κ1) is 25.9. The first-order valence-corrected chi connectivity index (χ1v) is 7.31. The minimum atomic E-state index is 0. The van der Waals surface area contributed by atoms with Gasteiger partial charge >= 0.3 is 0 Å². The molecule has 0 atom stereocenters. The van der Waals surface area contributed by atoms with E-state index in [2.05, 4.69) is 37.0 Å². The van der Waals surface area contributed by atoms with Crippen molar-refractivity contribution in [3.63, 3.8) is 0 Å². The predicted molar refractivity (Wildman–Crippen MR) is 87.4 cm³/mol. The standard InChI is InChI=1S/C10H15N.3C2H6.B/c1-3-6-10-8-5-7-9(4-2)11-10;3*1-2;/h5,7-8H,3-4,6H2,1-2H3;3*1-2H3;. The molecule has 0 amide bonds. The molecular formula is C16H33BN. The van der Waals surface area contributed by atoms with Crippen molar-refractivity contribution in [2.24, 2.45) is 0 Å². The van der Waals surface area contributed by atoms with E-state index in [-0.39, 0.29) is 8.41 Å². The van der Waals surface area contributed by atoms with Crippen molar-refractivity contribution < 1.29 is 0 Å². The lowest BCUT2D eigenvalue weighted by atomic mass is 10.2. The molecule has 0 N–H and O–H groups in total. The van der Waals surface area contributed by atoms with Crippen molar-refractivity contribution in [1.29, 1.82) is 0 Å². The molecule has 0 saturated heterocycles. The fourth-order valence-corrected chi connectivity index (χ4v) is 1.12. The highest BCUT2D eigenvalue weighted by atomic mass is 14.7. The smallest absolute Gasteiger partial charge is 0.0406 e. The summed E-state index contributed by atoms with van der Waals surface area (Å²) in [7, 11) is 0. The molecule has 1 nitrogen and oxygen atoms in total. The maximum Gasteiger partial charge on any atom is 0.0406 e. The molecule has 3 radical (unpaired) electrons. The average Bonchev–Trinajstić information content (AvgIpc) is 2.46. The number of hydrogen-bond acceptors (Lipinski definition) is 1. The van der Waals surface area contributed by atoms with Gasteiger partial charge in [0, 0.05) is 19.8 Å². The molecule has 0 aliphatic carbocycles. The van der Waals surface area contributed by atoms with Crippen LogP contribution in [0.2, 0.25) is 0 Å². The van der Waals surface area contributed by atoms with Gasteiger partial charge < -0.3 is 0 Å². The molecular weight excluding hydrogens is 217 g/mol. The van der Waals surface area contributed by atoms with E-state index in [9.17, 15) is 0 Å². The van der Waals surface area contributed by atoms with Crippen LogP contribution in [0.5, 0.6) is 0 Å². The van der Waals surface area contributed by atoms with Gasteiger partial charge in [0.15, 0.2) is 0 Å². The van der Waals surface area contributed by atoms with E-state index in [1.165, 1.54) is 17.8 Å². The molecule has 1 rings (SSSR count). The summed E-state index contributed by atoms with van der Waals surface area (Å²) in [5.74, 6) is 0. The van der Waals surface area contributed by atoms with Gasteiger partial charge in [-0.3, -0.25) is 4.98 Å². The second-order valence-electron chi connectivity index (χ2n) is 2.72. The SMILES string of the molecule is CC.CC.CC.CCCc1cccc(CC)n1.[B]. The van der Waals surface area contributed by atoms with Gasteiger partial charge in [-0.2, -0.15) is 0 Å². The van der Waals surface area contributed by atoms with E-state index in [1.807, 2.05) is 41.5 Å². The highest BCUT2D eigenvalue weighted by Gasteiger charge is 1.93. The third kappa shape index (κ3) is 15.2. The van der Waals surface area contributed by atoms with Crippen molar-refractivity contribution in [1.82, 2.24) is 4.98 Å². The van der Waals surface area contributed by atoms with Gasteiger partial charge in [-0.05, 0) is 25.0 Å². The first-order chi connectivity index (χ1) is 8.36. The van der Waals surface area contributed by atoms with Crippen LogP contribution in [0, 0.1) is 0 Å². The quantitative estimate of drug-likeness (QED) is 0.664. The summed E-state index contributed by atoms with van der Waals surface area (Å²) < 4.78 is 0. The van der Waals surface area contributed by atoms with E-state index < -0.39 is 0 Å². The Hall–Kier alpha value is -0.785. The molecule has 105 valence electrons. The van der Waals surface area contributed by atoms with Crippen molar-refractivity contribution in [3.8, 4) is 0 Å². The summed E-state index contributed by atoms with van der Waals surface area (Å²) in [6.45, 7) is 16.3. The molecule has 0 spiro atoms. The summed E-state index contributed by atoms with van der Waals surface area (Å²) in [5.41, 5.74) is 2.43. The van der Waals surface area contributed by atoms with Crippen molar-refractivity contribution in [2.75, 3.05) is 0 Å². The van der Waals surface area contributed by atoms with Crippen molar-refractivity contribution >= 4 is 8.41 Å². The Morgan fingerprint density at radius 2 is 1.28 bits per heavy atom. The monoisotopic (exact) mass is 250 g/mol. The fraction of sp³-hybridized carbons (Fsp3) is 0.688. The normalized spacial score (nSPS) is 7.11. The zero-order valence-corrected chi connectivity index (χ0v) is 13.9. The topological polar surface area (TPSA) is 12.9 Å². The zero-order valence-electron chi connectivity index (χ0n) is 13.9. The highest BCUT2D eigenvalue weighted by Crippen LogP contribution is 2.02. The largest absolute Gasteiger partial charge is 0.258 e. The minimum Gasteiger partial charge on any atom is -0.258 e. The van der Waals surface area contributed by atoms with E-state index >= 15 is 0 Å². The Morgan fingerprint density at radius 1 is 0.833 bits per heavy atom. The van der Waals surface area contributed by atoms with Crippen LogP contribution in [0.15, 0.2) is 18.2 Å². The number of pyridine rings is 1. The number of nitrogens with zero attached hydrogens (tertiary/aromatic N) is 1. The molecule has 1 heterocycles. The van der Waals surface area contributed by atoms with Crippen molar-refractivity contribution in [2.45, 2.75) is 74.7 Å².